The summed E-state index contributed by atoms with van der Waals surface area (Å²) in [6.45, 7) is 1.05. The largest absolute Gasteiger partial charge is 0.339 e. The maximum absolute atomic E-state index is 5.28. The molecule has 0 saturated carbocycles. The number of pyridine rings is 1. The Hall–Kier alpha value is -1.75. The van der Waals surface area contributed by atoms with Gasteiger partial charge >= 0.3 is 0 Å². The molecule has 0 spiro atoms. The van der Waals surface area contributed by atoms with Crippen LogP contribution in [0, 0.1) is 0 Å². The summed E-state index contributed by atoms with van der Waals surface area (Å²) in [5.74, 6) is 1.51. The summed E-state index contributed by atoms with van der Waals surface area (Å²) in [7, 11) is 0. The minimum atomic E-state index is 0.279. The molecular weight excluding hydrogens is 228 g/mol. The molecule has 18 heavy (non-hydrogen) atoms. The molecule has 1 aliphatic heterocycles. The molecule has 1 atom stereocenters. The number of nitrogens with zero attached hydrogens (tertiary/aromatic N) is 3. The van der Waals surface area contributed by atoms with E-state index in [-0.39, 0.29) is 6.04 Å². The van der Waals surface area contributed by atoms with E-state index in [2.05, 4.69) is 26.5 Å². The van der Waals surface area contributed by atoms with Gasteiger partial charge in [-0.1, -0.05) is 11.2 Å². The highest BCUT2D eigenvalue weighted by Gasteiger charge is 2.21. The normalized spacial score (nSPS) is 19.2. The lowest BCUT2D eigenvalue weighted by Crippen LogP contribution is -2.14. The number of hydrogen-bond acceptors (Lipinski definition) is 5. The summed E-state index contributed by atoms with van der Waals surface area (Å²) in [4.78, 5) is 8.54. The molecule has 2 aromatic rings. The second-order valence-electron chi connectivity index (χ2n) is 4.56. The van der Waals surface area contributed by atoms with Crippen LogP contribution >= 0.6 is 0 Å². The highest BCUT2D eigenvalue weighted by Crippen LogP contribution is 2.20. The third-order valence-corrected chi connectivity index (χ3v) is 3.21. The maximum Gasteiger partial charge on any atom is 0.227 e. The summed E-state index contributed by atoms with van der Waals surface area (Å²) >= 11 is 0. The molecule has 3 rings (SSSR count). The van der Waals surface area contributed by atoms with Crippen LogP contribution in [0.1, 0.15) is 36.2 Å². The van der Waals surface area contributed by atoms with Crippen LogP contribution in [0.3, 0.4) is 0 Å². The predicted molar refractivity (Wildman–Crippen MR) is 65.9 cm³/mol. The van der Waals surface area contributed by atoms with Gasteiger partial charge in [-0.05, 0) is 37.4 Å². The van der Waals surface area contributed by atoms with E-state index in [0.717, 1.165) is 31.6 Å². The van der Waals surface area contributed by atoms with Crippen molar-refractivity contribution in [3.8, 4) is 0 Å². The summed E-state index contributed by atoms with van der Waals surface area (Å²) in [6, 6.07) is 4.28. The van der Waals surface area contributed by atoms with Gasteiger partial charge in [0.15, 0.2) is 5.82 Å². The van der Waals surface area contributed by atoms with Crippen LogP contribution in [-0.2, 0) is 12.8 Å². The van der Waals surface area contributed by atoms with Crippen LogP contribution in [0.5, 0.6) is 0 Å². The first-order valence-corrected chi connectivity index (χ1v) is 6.36. The van der Waals surface area contributed by atoms with E-state index in [1.807, 2.05) is 12.3 Å². The fourth-order valence-corrected chi connectivity index (χ4v) is 2.21. The van der Waals surface area contributed by atoms with E-state index in [0.29, 0.717) is 5.89 Å². The number of nitrogens with one attached hydrogen (secondary N) is 1. The van der Waals surface area contributed by atoms with Crippen LogP contribution in [0.2, 0.25) is 0 Å². The summed E-state index contributed by atoms with van der Waals surface area (Å²) in [6.07, 6.45) is 7.58. The molecule has 1 fully saturated rings. The van der Waals surface area contributed by atoms with Crippen LogP contribution in [0.25, 0.3) is 0 Å². The van der Waals surface area contributed by atoms with Crippen molar-refractivity contribution in [2.45, 2.75) is 31.7 Å². The van der Waals surface area contributed by atoms with Crippen LogP contribution in [0.4, 0.5) is 0 Å². The van der Waals surface area contributed by atoms with E-state index in [1.165, 1.54) is 12.0 Å². The number of rotatable bonds is 4. The molecular formula is C13H16N4O. The van der Waals surface area contributed by atoms with E-state index >= 15 is 0 Å². The van der Waals surface area contributed by atoms with Crippen LogP contribution in [0.15, 0.2) is 29.0 Å². The molecule has 5 heteroatoms. The Morgan fingerprint density at radius 2 is 2.39 bits per heavy atom. The Labute approximate surface area is 106 Å². The van der Waals surface area contributed by atoms with Crippen LogP contribution in [-0.4, -0.2) is 21.7 Å². The molecule has 0 amide bonds. The lowest BCUT2D eigenvalue weighted by Gasteiger charge is -2.01. The molecule has 1 saturated heterocycles. The van der Waals surface area contributed by atoms with Gasteiger partial charge in [-0.15, -0.1) is 0 Å². The van der Waals surface area contributed by atoms with Gasteiger partial charge < -0.3 is 9.84 Å². The van der Waals surface area contributed by atoms with E-state index in [4.69, 9.17) is 4.52 Å². The summed E-state index contributed by atoms with van der Waals surface area (Å²) < 4.78 is 5.28. The Morgan fingerprint density at radius 3 is 3.17 bits per heavy atom. The fraction of sp³-hybridized carbons (Fsp3) is 0.462. The molecule has 5 nitrogen and oxygen atoms in total. The molecule has 0 aliphatic carbocycles. The van der Waals surface area contributed by atoms with Crippen molar-refractivity contribution in [1.29, 1.82) is 0 Å². The van der Waals surface area contributed by atoms with Gasteiger partial charge in [0.05, 0.1) is 6.04 Å². The molecule has 1 aliphatic rings. The van der Waals surface area contributed by atoms with Crippen LogP contribution < -0.4 is 5.32 Å². The Kier molecular flexibility index (Phi) is 3.32. The quantitative estimate of drug-likeness (QED) is 0.886. The smallest absolute Gasteiger partial charge is 0.227 e. The van der Waals surface area contributed by atoms with E-state index < -0.39 is 0 Å². The van der Waals surface area contributed by atoms with Crippen molar-refractivity contribution in [3.05, 3.63) is 41.8 Å². The highest BCUT2D eigenvalue weighted by molar-refractivity contribution is 5.09. The fourth-order valence-electron chi connectivity index (χ4n) is 2.21. The van der Waals surface area contributed by atoms with Gasteiger partial charge in [-0.2, -0.15) is 4.98 Å². The highest BCUT2D eigenvalue weighted by atomic mass is 16.5. The average Bonchev–Trinajstić information content (AvgIpc) is 3.08. The SMILES string of the molecule is c1cncc(CCc2nc([C@@H]3CCCN3)no2)c1. The Morgan fingerprint density at radius 1 is 1.39 bits per heavy atom. The first-order valence-electron chi connectivity index (χ1n) is 6.36. The summed E-state index contributed by atoms with van der Waals surface area (Å²) in [5.41, 5.74) is 1.19. The molecule has 0 aromatic carbocycles. The molecule has 2 aromatic heterocycles. The summed E-state index contributed by atoms with van der Waals surface area (Å²) in [5, 5.41) is 7.41. The van der Waals surface area contributed by atoms with Gasteiger partial charge in [-0.25, -0.2) is 0 Å². The van der Waals surface area contributed by atoms with Crippen molar-refractivity contribution in [1.82, 2.24) is 20.4 Å². The van der Waals surface area contributed by atoms with Crippen molar-refractivity contribution in [2.75, 3.05) is 6.54 Å². The maximum atomic E-state index is 5.28. The van der Waals surface area contributed by atoms with Crippen molar-refractivity contribution >= 4 is 0 Å². The van der Waals surface area contributed by atoms with Crippen molar-refractivity contribution in [2.24, 2.45) is 0 Å². The second kappa shape index (κ2) is 5.27. The lowest BCUT2D eigenvalue weighted by atomic mass is 10.1. The molecule has 3 heterocycles. The first-order chi connectivity index (χ1) is 8.92. The standard InChI is InChI=1S/C13H16N4O/c1-3-10(9-14-7-1)5-6-12-16-13(17-18-12)11-4-2-8-15-11/h1,3,7,9,11,15H,2,4-6,8H2/t11-/m0/s1. The Balaban J connectivity index is 1.60. The zero-order valence-electron chi connectivity index (χ0n) is 10.2. The third-order valence-electron chi connectivity index (χ3n) is 3.21. The topological polar surface area (TPSA) is 63.8 Å². The zero-order chi connectivity index (χ0) is 12.2. The van der Waals surface area contributed by atoms with Gasteiger partial charge in [0, 0.05) is 18.8 Å². The van der Waals surface area contributed by atoms with Gasteiger partial charge in [0.2, 0.25) is 5.89 Å². The lowest BCUT2D eigenvalue weighted by molar-refractivity contribution is 0.368. The Bertz CT molecular complexity index is 491. The van der Waals surface area contributed by atoms with E-state index in [9.17, 15) is 0 Å². The molecule has 94 valence electrons. The average molecular weight is 244 g/mol. The molecule has 0 bridgehead atoms. The van der Waals surface area contributed by atoms with Crippen molar-refractivity contribution < 1.29 is 4.52 Å². The van der Waals surface area contributed by atoms with Crippen molar-refractivity contribution in [3.63, 3.8) is 0 Å². The second-order valence-corrected chi connectivity index (χ2v) is 4.56. The van der Waals surface area contributed by atoms with E-state index in [1.54, 1.807) is 6.20 Å². The predicted octanol–water partition coefficient (Wildman–Crippen LogP) is 1.67. The molecule has 1 N–H and O–H groups in total. The van der Waals surface area contributed by atoms with Gasteiger partial charge in [-0.3, -0.25) is 4.98 Å². The minimum Gasteiger partial charge on any atom is -0.339 e. The number of hydrogen-bond donors (Lipinski definition) is 1. The number of aryl methyl sites for hydroxylation is 2. The monoisotopic (exact) mass is 244 g/mol. The number of aromatic nitrogens is 3. The molecule has 0 radical (unpaired) electrons. The first kappa shape index (κ1) is 11.3. The van der Waals surface area contributed by atoms with Gasteiger partial charge in [0.25, 0.3) is 0 Å². The van der Waals surface area contributed by atoms with Gasteiger partial charge in [0.1, 0.15) is 0 Å². The zero-order valence-corrected chi connectivity index (χ0v) is 10.2. The third kappa shape index (κ3) is 2.56. The minimum absolute atomic E-state index is 0.279. The molecule has 0 unspecified atom stereocenters.